The average molecular weight is 329 g/mol. The van der Waals surface area contributed by atoms with Crippen LogP contribution in [0.4, 0.5) is 5.69 Å². The van der Waals surface area contributed by atoms with Crippen molar-refractivity contribution in [3.63, 3.8) is 0 Å². The van der Waals surface area contributed by atoms with Crippen LogP contribution >= 0.6 is 11.6 Å². The molecule has 23 heavy (non-hydrogen) atoms. The van der Waals surface area contributed by atoms with Gasteiger partial charge in [-0.25, -0.2) is 0 Å². The summed E-state index contributed by atoms with van der Waals surface area (Å²) in [4.78, 5) is 15.0. The molecule has 0 spiro atoms. The van der Waals surface area contributed by atoms with Crippen molar-refractivity contribution in [3.8, 4) is 0 Å². The average Bonchev–Trinajstić information content (AvgIpc) is 2.57. The molecule has 0 aromatic heterocycles. The van der Waals surface area contributed by atoms with Crippen molar-refractivity contribution < 1.29 is 4.79 Å². The Morgan fingerprint density at radius 3 is 2.43 bits per heavy atom. The fourth-order valence-electron chi connectivity index (χ4n) is 3.45. The lowest BCUT2D eigenvalue weighted by Crippen LogP contribution is -2.50. The highest BCUT2D eigenvalue weighted by Gasteiger charge is 2.39. The van der Waals surface area contributed by atoms with Gasteiger partial charge in [-0.15, -0.1) is 0 Å². The van der Waals surface area contributed by atoms with E-state index in [2.05, 4.69) is 36.2 Å². The van der Waals surface area contributed by atoms with Crippen molar-refractivity contribution in [2.75, 3.05) is 18.4 Å². The predicted octanol–water partition coefficient (Wildman–Crippen LogP) is 4.13. The molecule has 0 saturated heterocycles. The lowest BCUT2D eigenvalue weighted by Gasteiger charge is -2.39. The van der Waals surface area contributed by atoms with E-state index in [1.807, 2.05) is 36.4 Å². The number of halogens is 1. The molecule has 2 atom stereocenters. The zero-order chi connectivity index (χ0) is 16.4. The smallest absolute Gasteiger partial charge is 0.242 e. The summed E-state index contributed by atoms with van der Waals surface area (Å²) in [6.45, 7) is 5.83. The summed E-state index contributed by atoms with van der Waals surface area (Å²) >= 11 is 6.23. The first-order valence-corrected chi connectivity index (χ1v) is 8.42. The molecule has 1 aliphatic rings. The molecule has 2 unspecified atom stereocenters. The molecule has 1 amide bonds. The lowest BCUT2D eigenvalue weighted by molar-refractivity contribution is -0.122. The maximum atomic E-state index is 12.8. The number of amides is 1. The highest BCUT2D eigenvalue weighted by molar-refractivity contribution is 6.30. The Kier molecular flexibility index (Phi) is 4.69. The molecule has 1 heterocycles. The summed E-state index contributed by atoms with van der Waals surface area (Å²) < 4.78 is 0. The van der Waals surface area contributed by atoms with E-state index in [0.29, 0.717) is 5.02 Å². The molecular weight excluding hydrogens is 308 g/mol. The Labute approximate surface area is 142 Å². The van der Waals surface area contributed by atoms with Gasteiger partial charge in [-0.05, 0) is 42.4 Å². The summed E-state index contributed by atoms with van der Waals surface area (Å²) in [5.74, 6) is 0.0379. The Morgan fingerprint density at radius 2 is 1.78 bits per heavy atom. The predicted molar refractivity (Wildman–Crippen MR) is 95.1 cm³/mol. The van der Waals surface area contributed by atoms with Crippen LogP contribution in [0.5, 0.6) is 0 Å². The van der Waals surface area contributed by atoms with E-state index >= 15 is 0 Å². The Morgan fingerprint density at radius 1 is 1.09 bits per heavy atom. The Balaban J connectivity index is 2.17. The van der Waals surface area contributed by atoms with Gasteiger partial charge in [0.2, 0.25) is 5.91 Å². The van der Waals surface area contributed by atoms with Crippen LogP contribution in [0.2, 0.25) is 5.02 Å². The molecule has 0 saturated carbocycles. The molecule has 0 fully saturated rings. The van der Waals surface area contributed by atoms with Gasteiger partial charge in [0.15, 0.2) is 0 Å². The number of benzene rings is 2. The number of anilines is 1. The molecule has 0 bridgehead atoms. The summed E-state index contributed by atoms with van der Waals surface area (Å²) in [5.41, 5.74) is 3.08. The second kappa shape index (κ2) is 6.73. The first-order valence-electron chi connectivity index (χ1n) is 8.05. The van der Waals surface area contributed by atoms with Gasteiger partial charge in [0, 0.05) is 16.6 Å². The van der Waals surface area contributed by atoms with Gasteiger partial charge in [0.25, 0.3) is 0 Å². The second-order valence-corrected chi connectivity index (χ2v) is 6.21. The quantitative estimate of drug-likeness (QED) is 0.915. The van der Waals surface area contributed by atoms with E-state index in [9.17, 15) is 4.79 Å². The fourth-order valence-corrected chi connectivity index (χ4v) is 3.63. The van der Waals surface area contributed by atoms with Crippen LogP contribution in [0.15, 0.2) is 48.5 Å². The molecule has 3 rings (SSSR count). The Bertz CT molecular complexity index is 698. The third kappa shape index (κ3) is 2.99. The van der Waals surface area contributed by atoms with E-state index in [1.54, 1.807) is 0 Å². The molecule has 120 valence electrons. The molecule has 0 radical (unpaired) electrons. The van der Waals surface area contributed by atoms with E-state index in [4.69, 9.17) is 11.6 Å². The topological polar surface area (TPSA) is 32.3 Å². The lowest BCUT2D eigenvalue weighted by atomic mass is 9.80. The van der Waals surface area contributed by atoms with E-state index in [0.717, 1.165) is 29.9 Å². The zero-order valence-corrected chi connectivity index (χ0v) is 14.2. The molecular formula is C19H21ClN2O. The number of nitrogens with zero attached hydrogens (tertiary/aromatic N) is 1. The van der Waals surface area contributed by atoms with Crippen LogP contribution in [0.1, 0.15) is 30.9 Å². The number of carbonyl (C=O) groups is 1. The van der Waals surface area contributed by atoms with Crippen molar-refractivity contribution >= 4 is 23.2 Å². The van der Waals surface area contributed by atoms with Crippen molar-refractivity contribution in [2.45, 2.75) is 25.8 Å². The summed E-state index contributed by atoms with van der Waals surface area (Å²) in [5, 5.41) is 3.74. The minimum Gasteiger partial charge on any atom is -0.324 e. The number of fused-ring (bicyclic) bond motifs is 1. The van der Waals surface area contributed by atoms with Crippen molar-refractivity contribution in [1.29, 1.82) is 0 Å². The molecule has 2 aromatic rings. The van der Waals surface area contributed by atoms with Gasteiger partial charge in [-0.1, -0.05) is 55.8 Å². The summed E-state index contributed by atoms with van der Waals surface area (Å²) in [7, 11) is 0. The molecule has 1 N–H and O–H groups in total. The molecule has 1 aliphatic heterocycles. The Hall–Kier alpha value is -1.84. The van der Waals surface area contributed by atoms with Gasteiger partial charge in [-0.3, -0.25) is 9.69 Å². The van der Waals surface area contributed by atoms with Crippen molar-refractivity contribution in [1.82, 2.24) is 4.90 Å². The standard InChI is InChI=1S/C19H21ClN2O/c1-3-22(4-2)18-17(13-8-6-5-7-9-13)15-12-14(20)10-11-16(15)21-19(18)23/h5-12,17-18H,3-4H2,1-2H3,(H,21,23). The fraction of sp³-hybridized carbons (Fsp3) is 0.316. The maximum Gasteiger partial charge on any atom is 0.242 e. The van der Waals surface area contributed by atoms with Gasteiger partial charge in [-0.2, -0.15) is 0 Å². The first kappa shape index (κ1) is 16.0. The largest absolute Gasteiger partial charge is 0.324 e. The third-order valence-electron chi connectivity index (χ3n) is 4.56. The first-order chi connectivity index (χ1) is 11.2. The highest BCUT2D eigenvalue weighted by atomic mass is 35.5. The molecule has 4 heteroatoms. The second-order valence-electron chi connectivity index (χ2n) is 5.78. The number of nitrogens with one attached hydrogen (secondary N) is 1. The van der Waals surface area contributed by atoms with E-state index in [-0.39, 0.29) is 17.9 Å². The maximum absolute atomic E-state index is 12.8. The molecule has 2 aromatic carbocycles. The van der Waals surface area contributed by atoms with E-state index < -0.39 is 0 Å². The molecule has 3 nitrogen and oxygen atoms in total. The number of likely N-dealkylation sites (N-methyl/N-ethyl adjacent to an activating group) is 1. The SMILES string of the molecule is CCN(CC)C1C(=O)Nc2ccc(Cl)cc2C1c1ccccc1. The minimum absolute atomic E-state index is 0.0152. The summed E-state index contributed by atoms with van der Waals surface area (Å²) in [6, 6.07) is 15.7. The van der Waals surface area contributed by atoms with Gasteiger partial charge in [0.05, 0.1) is 0 Å². The van der Waals surface area contributed by atoms with Crippen molar-refractivity contribution in [3.05, 3.63) is 64.7 Å². The van der Waals surface area contributed by atoms with Gasteiger partial charge >= 0.3 is 0 Å². The third-order valence-corrected chi connectivity index (χ3v) is 4.79. The number of hydrogen-bond donors (Lipinski definition) is 1. The van der Waals surface area contributed by atoms with Crippen LogP contribution < -0.4 is 5.32 Å². The number of hydrogen-bond acceptors (Lipinski definition) is 2. The van der Waals surface area contributed by atoms with Gasteiger partial charge in [0.1, 0.15) is 6.04 Å². The normalized spacial score (nSPS) is 20.3. The molecule has 0 aliphatic carbocycles. The summed E-state index contributed by atoms with van der Waals surface area (Å²) in [6.07, 6.45) is 0. The minimum atomic E-state index is -0.224. The van der Waals surface area contributed by atoms with Crippen LogP contribution in [-0.4, -0.2) is 29.9 Å². The van der Waals surface area contributed by atoms with Crippen LogP contribution in [0, 0.1) is 0 Å². The highest BCUT2D eigenvalue weighted by Crippen LogP contribution is 2.40. The van der Waals surface area contributed by atoms with Crippen molar-refractivity contribution in [2.24, 2.45) is 0 Å². The number of rotatable bonds is 4. The van der Waals surface area contributed by atoms with Crippen LogP contribution in [-0.2, 0) is 4.79 Å². The number of carbonyl (C=O) groups excluding carboxylic acids is 1. The zero-order valence-electron chi connectivity index (χ0n) is 13.4. The van der Waals surface area contributed by atoms with E-state index in [1.165, 1.54) is 0 Å². The monoisotopic (exact) mass is 328 g/mol. The van der Waals surface area contributed by atoms with Crippen LogP contribution in [0.25, 0.3) is 0 Å². The van der Waals surface area contributed by atoms with Crippen LogP contribution in [0.3, 0.4) is 0 Å². The van der Waals surface area contributed by atoms with Gasteiger partial charge < -0.3 is 5.32 Å².